The molecule has 2 heterocycles. The maximum atomic E-state index is 12.3. The van der Waals surface area contributed by atoms with Crippen molar-refractivity contribution in [2.24, 2.45) is 0 Å². The molecule has 2 aliphatic heterocycles. The standard InChI is InChI=1S/C16H31N3O3/c1-16(2,3)22-15(20)19-8-9-21-12-14(19)11-17-10-13-6-4-5-7-18-13/h13-14,17-18H,4-12H2,1-3H3. The minimum absolute atomic E-state index is 0.0483. The first-order valence-corrected chi connectivity index (χ1v) is 8.47. The van der Waals surface area contributed by atoms with Gasteiger partial charge in [-0.1, -0.05) is 6.42 Å². The van der Waals surface area contributed by atoms with Crippen LogP contribution in [0, 0.1) is 0 Å². The van der Waals surface area contributed by atoms with Gasteiger partial charge in [0.1, 0.15) is 5.60 Å². The van der Waals surface area contributed by atoms with Crippen molar-refractivity contribution in [3.63, 3.8) is 0 Å². The zero-order valence-electron chi connectivity index (χ0n) is 14.2. The van der Waals surface area contributed by atoms with Crippen molar-refractivity contribution in [2.45, 2.75) is 57.7 Å². The molecule has 128 valence electrons. The Morgan fingerprint density at radius 3 is 2.86 bits per heavy atom. The van der Waals surface area contributed by atoms with E-state index in [1.165, 1.54) is 19.3 Å². The molecule has 2 atom stereocenters. The zero-order chi connectivity index (χ0) is 16.0. The van der Waals surface area contributed by atoms with E-state index >= 15 is 0 Å². The van der Waals surface area contributed by atoms with Gasteiger partial charge in [0, 0.05) is 25.7 Å². The largest absolute Gasteiger partial charge is 0.444 e. The Hall–Kier alpha value is -0.850. The predicted octanol–water partition coefficient (Wildman–Crippen LogP) is 1.35. The molecule has 22 heavy (non-hydrogen) atoms. The van der Waals surface area contributed by atoms with E-state index in [-0.39, 0.29) is 12.1 Å². The molecule has 0 aromatic rings. The Balaban J connectivity index is 1.77. The van der Waals surface area contributed by atoms with Gasteiger partial charge in [0.15, 0.2) is 0 Å². The lowest BCUT2D eigenvalue weighted by Gasteiger charge is -2.37. The first kappa shape index (κ1) is 17.5. The van der Waals surface area contributed by atoms with Crippen LogP contribution < -0.4 is 10.6 Å². The molecule has 2 fully saturated rings. The second-order valence-electron chi connectivity index (χ2n) is 7.21. The third-order valence-corrected chi connectivity index (χ3v) is 4.04. The van der Waals surface area contributed by atoms with Crippen molar-refractivity contribution >= 4 is 6.09 Å². The fourth-order valence-corrected chi connectivity index (χ4v) is 2.91. The molecule has 1 amide bonds. The van der Waals surface area contributed by atoms with Gasteiger partial charge < -0.3 is 20.1 Å². The molecule has 6 heteroatoms. The Labute approximate surface area is 133 Å². The van der Waals surface area contributed by atoms with E-state index in [1.807, 2.05) is 20.8 Å². The van der Waals surface area contributed by atoms with Crippen molar-refractivity contribution in [2.75, 3.05) is 39.4 Å². The molecule has 2 N–H and O–H groups in total. The van der Waals surface area contributed by atoms with Gasteiger partial charge in [0.25, 0.3) is 0 Å². The highest BCUT2D eigenvalue weighted by Gasteiger charge is 2.30. The highest BCUT2D eigenvalue weighted by Crippen LogP contribution is 2.14. The molecule has 2 aliphatic rings. The molecule has 0 radical (unpaired) electrons. The number of carbonyl (C=O) groups is 1. The van der Waals surface area contributed by atoms with Crippen LogP contribution in [0.2, 0.25) is 0 Å². The first-order chi connectivity index (χ1) is 10.5. The van der Waals surface area contributed by atoms with Gasteiger partial charge in [-0.2, -0.15) is 0 Å². The fraction of sp³-hybridized carbons (Fsp3) is 0.938. The van der Waals surface area contributed by atoms with Gasteiger partial charge in [-0.25, -0.2) is 4.79 Å². The van der Waals surface area contributed by atoms with Gasteiger partial charge in [-0.3, -0.25) is 4.90 Å². The molecule has 0 aliphatic carbocycles. The lowest BCUT2D eigenvalue weighted by molar-refractivity contribution is -0.0317. The van der Waals surface area contributed by atoms with Crippen LogP contribution in [0.4, 0.5) is 4.79 Å². The first-order valence-electron chi connectivity index (χ1n) is 8.47. The van der Waals surface area contributed by atoms with E-state index in [2.05, 4.69) is 10.6 Å². The maximum absolute atomic E-state index is 12.3. The minimum Gasteiger partial charge on any atom is -0.444 e. The molecule has 0 bridgehead atoms. The summed E-state index contributed by atoms with van der Waals surface area (Å²) in [4.78, 5) is 14.1. The van der Waals surface area contributed by atoms with Crippen molar-refractivity contribution in [3.8, 4) is 0 Å². The third kappa shape index (κ3) is 5.74. The van der Waals surface area contributed by atoms with Gasteiger partial charge in [-0.15, -0.1) is 0 Å². The fourth-order valence-electron chi connectivity index (χ4n) is 2.91. The molecule has 2 rings (SSSR count). The van der Waals surface area contributed by atoms with Crippen LogP contribution >= 0.6 is 0 Å². The van der Waals surface area contributed by atoms with E-state index in [0.29, 0.717) is 25.8 Å². The predicted molar refractivity (Wildman–Crippen MR) is 86.1 cm³/mol. The molecule has 6 nitrogen and oxygen atoms in total. The van der Waals surface area contributed by atoms with Gasteiger partial charge in [-0.05, 0) is 40.2 Å². The van der Waals surface area contributed by atoms with Crippen LogP contribution in [0.5, 0.6) is 0 Å². The molecule has 0 aromatic carbocycles. The van der Waals surface area contributed by atoms with Crippen LogP contribution in [0.1, 0.15) is 40.0 Å². The van der Waals surface area contributed by atoms with Crippen LogP contribution in [0.3, 0.4) is 0 Å². The maximum Gasteiger partial charge on any atom is 0.410 e. The highest BCUT2D eigenvalue weighted by atomic mass is 16.6. The van der Waals surface area contributed by atoms with Crippen LogP contribution in [-0.4, -0.2) is 68.1 Å². The number of nitrogens with one attached hydrogen (secondary N) is 2. The second-order valence-corrected chi connectivity index (χ2v) is 7.21. The number of amides is 1. The molecule has 0 aromatic heterocycles. The molecular formula is C16H31N3O3. The van der Waals surface area contributed by atoms with Crippen molar-refractivity contribution in [1.29, 1.82) is 0 Å². The van der Waals surface area contributed by atoms with Crippen molar-refractivity contribution in [3.05, 3.63) is 0 Å². The van der Waals surface area contributed by atoms with Crippen molar-refractivity contribution < 1.29 is 14.3 Å². The molecule has 2 saturated heterocycles. The number of hydrogen-bond acceptors (Lipinski definition) is 5. The summed E-state index contributed by atoms with van der Waals surface area (Å²) in [6.45, 7) is 10.3. The average molecular weight is 313 g/mol. The lowest BCUT2D eigenvalue weighted by atomic mass is 10.1. The summed E-state index contributed by atoms with van der Waals surface area (Å²) in [5.74, 6) is 0. The Morgan fingerprint density at radius 2 is 2.18 bits per heavy atom. The van der Waals surface area contributed by atoms with Gasteiger partial charge in [0.2, 0.25) is 0 Å². The molecule has 0 saturated carbocycles. The van der Waals surface area contributed by atoms with Crippen molar-refractivity contribution in [1.82, 2.24) is 15.5 Å². The van der Waals surface area contributed by atoms with E-state index in [4.69, 9.17) is 9.47 Å². The Kier molecular flexibility index (Phi) is 6.47. The van der Waals surface area contributed by atoms with E-state index in [1.54, 1.807) is 4.90 Å². The highest BCUT2D eigenvalue weighted by molar-refractivity contribution is 5.68. The average Bonchev–Trinajstić information content (AvgIpc) is 2.47. The number of ether oxygens (including phenoxy) is 2. The number of rotatable bonds is 4. The third-order valence-electron chi connectivity index (χ3n) is 4.04. The summed E-state index contributed by atoms with van der Waals surface area (Å²) in [7, 11) is 0. The smallest absolute Gasteiger partial charge is 0.410 e. The van der Waals surface area contributed by atoms with Crippen LogP contribution in [0.15, 0.2) is 0 Å². The summed E-state index contributed by atoms with van der Waals surface area (Å²) in [5.41, 5.74) is -0.459. The van der Waals surface area contributed by atoms with E-state index in [9.17, 15) is 4.79 Å². The number of piperidine rings is 1. The topological polar surface area (TPSA) is 62.8 Å². The summed E-state index contributed by atoms with van der Waals surface area (Å²) >= 11 is 0. The summed E-state index contributed by atoms with van der Waals surface area (Å²) in [5, 5.41) is 7.00. The van der Waals surface area contributed by atoms with Gasteiger partial charge >= 0.3 is 6.09 Å². The summed E-state index contributed by atoms with van der Waals surface area (Å²) in [6, 6.07) is 0.598. The lowest BCUT2D eigenvalue weighted by Crippen LogP contribution is -2.55. The molecular weight excluding hydrogens is 282 g/mol. The molecule has 2 unspecified atom stereocenters. The van der Waals surface area contributed by atoms with Crippen LogP contribution in [-0.2, 0) is 9.47 Å². The van der Waals surface area contributed by atoms with Gasteiger partial charge in [0.05, 0.1) is 19.3 Å². The number of morpholine rings is 1. The number of carbonyl (C=O) groups excluding carboxylic acids is 1. The number of hydrogen-bond donors (Lipinski definition) is 2. The van der Waals surface area contributed by atoms with Crippen LogP contribution in [0.25, 0.3) is 0 Å². The zero-order valence-corrected chi connectivity index (χ0v) is 14.2. The summed E-state index contributed by atoms with van der Waals surface area (Å²) < 4.78 is 11.0. The van der Waals surface area contributed by atoms with E-state index in [0.717, 1.165) is 19.6 Å². The summed E-state index contributed by atoms with van der Waals surface area (Å²) in [6.07, 6.45) is 3.57. The molecule has 0 spiro atoms. The quantitative estimate of drug-likeness (QED) is 0.820. The monoisotopic (exact) mass is 313 g/mol. The number of nitrogens with zero attached hydrogens (tertiary/aromatic N) is 1. The van der Waals surface area contributed by atoms with E-state index < -0.39 is 5.60 Å². The normalized spacial score (nSPS) is 26.8. The minimum atomic E-state index is -0.459. The SMILES string of the molecule is CC(C)(C)OC(=O)N1CCOCC1CNCC1CCCCN1. The Morgan fingerprint density at radius 1 is 1.36 bits per heavy atom. The Bertz CT molecular complexity index is 351. The second kappa shape index (κ2) is 8.13.